The van der Waals surface area contributed by atoms with Crippen LogP contribution in [0.3, 0.4) is 0 Å². The molecule has 0 unspecified atom stereocenters. The number of nitrogens with zero attached hydrogens (tertiary/aromatic N) is 3. The van der Waals surface area contributed by atoms with Crippen LogP contribution in [0, 0.1) is 0 Å². The molecule has 120 valence electrons. The Morgan fingerprint density at radius 3 is 2.96 bits per heavy atom. The fraction of sp³-hybridized carbons (Fsp3) is 0.211. The molecule has 5 nitrogen and oxygen atoms in total. The molecule has 5 heteroatoms. The molecule has 0 aliphatic carbocycles. The van der Waals surface area contributed by atoms with Crippen LogP contribution in [0.15, 0.2) is 55.1 Å². The van der Waals surface area contributed by atoms with E-state index >= 15 is 0 Å². The Morgan fingerprint density at radius 1 is 1.25 bits per heavy atom. The molecule has 3 aromatic rings. The lowest BCUT2D eigenvalue weighted by Crippen LogP contribution is -2.20. The summed E-state index contributed by atoms with van der Waals surface area (Å²) in [4.78, 5) is 21.4. The van der Waals surface area contributed by atoms with Crippen molar-refractivity contribution in [2.24, 2.45) is 0 Å². The van der Waals surface area contributed by atoms with Crippen molar-refractivity contribution < 1.29 is 4.79 Å². The summed E-state index contributed by atoms with van der Waals surface area (Å²) < 4.78 is 1.73. The number of carbonyl (C=O) groups excluding carboxylic acids is 1. The third kappa shape index (κ3) is 2.74. The maximum Gasteiger partial charge on any atom is 0.235 e. The highest BCUT2D eigenvalue weighted by Crippen LogP contribution is 2.28. The van der Waals surface area contributed by atoms with Gasteiger partial charge in [0.1, 0.15) is 0 Å². The van der Waals surface area contributed by atoms with E-state index in [1.807, 2.05) is 30.5 Å². The van der Waals surface area contributed by atoms with Crippen molar-refractivity contribution in [1.29, 1.82) is 0 Å². The van der Waals surface area contributed by atoms with Crippen molar-refractivity contribution in [3.8, 4) is 0 Å². The Bertz CT molecular complexity index is 912. The molecule has 4 heterocycles. The van der Waals surface area contributed by atoms with Gasteiger partial charge in [-0.3, -0.25) is 19.3 Å². The van der Waals surface area contributed by atoms with Crippen molar-refractivity contribution >= 4 is 22.5 Å². The molecule has 0 atom stereocenters. The van der Waals surface area contributed by atoms with Gasteiger partial charge in [-0.1, -0.05) is 12.1 Å². The van der Waals surface area contributed by atoms with E-state index in [2.05, 4.69) is 21.4 Å². The highest BCUT2D eigenvalue weighted by atomic mass is 16.2. The largest absolute Gasteiger partial charge is 0.313 e. The summed E-state index contributed by atoms with van der Waals surface area (Å²) in [5.41, 5.74) is 4.99. The number of rotatable bonds is 3. The second-order valence-electron chi connectivity index (χ2n) is 5.90. The molecule has 1 aliphatic rings. The standard InChI is InChI=1S/C19H18N4O/c24-18(11-14-3-1-7-21-12-14)23-13-16(15-5-9-20-10-6-15)19-17(23)4-2-8-22-19/h1-5,7-8,12-13,20H,6,9-11H2. The Kier molecular flexibility index (Phi) is 3.92. The second-order valence-corrected chi connectivity index (χ2v) is 5.90. The molecule has 1 aliphatic heterocycles. The van der Waals surface area contributed by atoms with Gasteiger partial charge in [0, 0.05) is 36.9 Å². The van der Waals surface area contributed by atoms with Crippen LogP contribution < -0.4 is 5.32 Å². The highest BCUT2D eigenvalue weighted by molar-refractivity contribution is 5.98. The molecule has 0 bridgehead atoms. The van der Waals surface area contributed by atoms with E-state index in [4.69, 9.17) is 0 Å². The van der Waals surface area contributed by atoms with Gasteiger partial charge in [0.05, 0.1) is 17.5 Å². The number of pyridine rings is 2. The number of aromatic nitrogens is 3. The average Bonchev–Trinajstić information content (AvgIpc) is 3.03. The maximum absolute atomic E-state index is 12.8. The molecule has 0 saturated carbocycles. The summed E-state index contributed by atoms with van der Waals surface area (Å²) in [7, 11) is 0. The molecule has 1 N–H and O–H groups in total. The van der Waals surface area contributed by atoms with Gasteiger partial charge in [0.2, 0.25) is 5.91 Å². The predicted octanol–water partition coefficient (Wildman–Crippen LogP) is 2.69. The molecule has 3 aromatic heterocycles. The van der Waals surface area contributed by atoms with Crippen molar-refractivity contribution in [3.05, 3.63) is 66.3 Å². The van der Waals surface area contributed by atoms with E-state index in [0.29, 0.717) is 6.42 Å². The highest BCUT2D eigenvalue weighted by Gasteiger charge is 2.18. The maximum atomic E-state index is 12.8. The Morgan fingerprint density at radius 2 is 2.17 bits per heavy atom. The number of hydrogen-bond acceptors (Lipinski definition) is 4. The molecule has 0 amide bonds. The van der Waals surface area contributed by atoms with Gasteiger partial charge >= 0.3 is 0 Å². The van der Waals surface area contributed by atoms with Crippen LogP contribution in [0.25, 0.3) is 16.6 Å². The first-order chi connectivity index (χ1) is 11.8. The lowest BCUT2D eigenvalue weighted by molar-refractivity contribution is 0.0919. The summed E-state index contributed by atoms with van der Waals surface area (Å²) >= 11 is 0. The van der Waals surface area contributed by atoms with E-state index in [1.54, 1.807) is 23.2 Å². The van der Waals surface area contributed by atoms with Crippen LogP contribution in [0.4, 0.5) is 0 Å². The number of carbonyl (C=O) groups is 1. The van der Waals surface area contributed by atoms with E-state index in [9.17, 15) is 4.79 Å². The van der Waals surface area contributed by atoms with Gasteiger partial charge in [0.15, 0.2) is 0 Å². The lowest BCUT2D eigenvalue weighted by atomic mass is 10.0. The predicted molar refractivity (Wildman–Crippen MR) is 93.8 cm³/mol. The van der Waals surface area contributed by atoms with Gasteiger partial charge in [-0.05, 0) is 42.3 Å². The van der Waals surface area contributed by atoms with Crippen LogP contribution in [0.2, 0.25) is 0 Å². The Labute approximate surface area is 140 Å². The molecule has 0 aromatic carbocycles. The summed E-state index contributed by atoms with van der Waals surface area (Å²) in [5, 5.41) is 3.32. The smallest absolute Gasteiger partial charge is 0.235 e. The first-order valence-electron chi connectivity index (χ1n) is 8.11. The van der Waals surface area contributed by atoms with Crippen LogP contribution in [0.5, 0.6) is 0 Å². The van der Waals surface area contributed by atoms with Crippen molar-refractivity contribution in [2.75, 3.05) is 13.1 Å². The zero-order valence-corrected chi connectivity index (χ0v) is 13.3. The van der Waals surface area contributed by atoms with Crippen LogP contribution in [-0.4, -0.2) is 33.5 Å². The van der Waals surface area contributed by atoms with Crippen LogP contribution in [-0.2, 0) is 6.42 Å². The van der Waals surface area contributed by atoms with Gasteiger partial charge in [0.25, 0.3) is 0 Å². The SMILES string of the molecule is O=C(Cc1cccnc1)n1cc(C2=CCNCC2)c2ncccc21. The molecule has 0 radical (unpaired) electrons. The van der Waals surface area contributed by atoms with E-state index in [1.165, 1.54) is 5.57 Å². The topological polar surface area (TPSA) is 59.8 Å². The third-order valence-corrected chi connectivity index (χ3v) is 4.32. The minimum absolute atomic E-state index is 0.0294. The van der Waals surface area contributed by atoms with Gasteiger partial charge in [-0.25, -0.2) is 0 Å². The van der Waals surface area contributed by atoms with Gasteiger partial charge in [-0.15, -0.1) is 0 Å². The van der Waals surface area contributed by atoms with E-state index in [0.717, 1.165) is 41.7 Å². The summed E-state index contributed by atoms with van der Waals surface area (Å²) in [6, 6.07) is 7.60. The fourth-order valence-corrected chi connectivity index (χ4v) is 3.13. The fourth-order valence-electron chi connectivity index (χ4n) is 3.13. The zero-order chi connectivity index (χ0) is 16.4. The zero-order valence-electron chi connectivity index (χ0n) is 13.3. The molecular formula is C19H18N4O. The van der Waals surface area contributed by atoms with Crippen molar-refractivity contribution in [3.63, 3.8) is 0 Å². The molecule has 24 heavy (non-hydrogen) atoms. The number of fused-ring (bicyclic) bond motifs is 1. The minimum Gasteiger partial charge on any atom is -0.313 e. The monoisotopic (exact) mass is 318 g/mol. The van der Waals surface area contributed by atoms with Gasteiger partial charge in [-0.2, -0.15) is 0 Å². The Hall–Kier alpha value is -2.79. The molecule has 4 rings (SSSR count). The van der Waals surface area contributed by atoms with Crippen LogP contribution in [0.1, 0.15) is 22.3 Å². The molecular weight excluding hydrogens is 300 g/mol. The van der Waals surface area contributed by atoms with Gasteiger partial charge < -0.3 is 5.32 Å². The summed E-state index contributed by atoms with van der Waals surface area (Å²) in [6.07, 6.45) is 10.6. The number of nitrogens with one attached hydrogen (secondary N) is 1. The molecule has 0 saturated heterocycles. The first-order valence-corrected chi connectivity index (χ1v) is 8.11. The summed E-state index contributed by atoms with van der Waals surface area (Å²) in [5.74, 6) is 0.0294. The number of hydrogen-bond donors (Lipinski definition) is 1. The quantitative estimate of drug-likeness (QED) is 0.806. The summed E-state index contributed by atoms with van der Waals surface area (Å²) in [6.45, 7) is 1.81. The normalized spacial score (nSPS) is 14.6. The third-order valence-electron chi connectivity index (χ3n) is 4.32. The average molecular weight is 318 g/mol. The second kappa shape index (κ2) is 6.37. The van der Waals surface area contributed by atoms with Crippen molar-refractivity contribution in [1.82, 2.24) is 19.9 Å². The first kappa shape index (κ1) is 14.8. The molecule has 0 fully saturated rings. The van der Waals surface area contributed by atoms with Crippen molar-refractivity contribution in [2.45, 2.75) is 12.8 Å². The lowest BCUT2D eigenvalue weighted by Gasteiger charge is -2.12. The van der Waals surface area contributed by atoms with E-state index < -0.39 is 0 Å². The van der Waals surface area contributed by atoms with Crippen LogP contribution >= 0.6 is 0 Å². The molecule has 0 spiro atoms. The Balaban J connectivity index is 1.75. The minimum atomic E-state index is 0.0294. The van der Waals surface area contributed by atoms with E-state index in [-0.39, 0.29) is 5.91 Å².